The molecule has 0 saturated carbocycles. The second-order valence-electron chi connectivity index (χ2n) is 8.46. The van der Waals surface area contributed by atoms with Gasteiger partial charge in [0.2, 0.25) is 0 Å². The van der Waals surface area contributed by atoms with Crippen LogP contribution in [0.15, 0.2) is 43.0 Å². The lowest BCUT2D eigenvalue weighted by Crippen LogP contribution is -2.52. The van der Waals surface area contributed by atoms with Gasteiger partial charge in [-0.25, -0.2) is 24.4 Å². The van der Waals surface area contributed by atoms with Crippen molar-refractivity contribution < 1.29 is 4.79 Å². The number of piperazine rings is 1. The summed E-state index contributed by atoms with van der Waals surface area (Å²) in [5.74, 6) is 2.10. The van der Waals surface area contributed by atoms with Gasteiger partial charge in [-0.15, -0.1) is 0 Å². The molecule has 1 saturated heterocycles. The minimum atomic E-state index is -0.0940. The Balaban J connectivity index is 1.32. The van der Waals surface area contributed by atoms with E-state index in [1.165, 1.54) is 6.33 Å². The molecule has 2 amide bonds. The van der Waals surface area contributed by atoms with E-state index in [0.29, 0.717) is 13.1 Å². The van der Waals surface area contributed by atoms with Crippen LogP contribution in [-0.4, -0.2) is 61.8 Å². The molecule has 3 aromatic rings. The molecule has 1 aliphatic rings. The molecule has 0 aliphatic carbocycles. The van der Waals surface area contributed by atoms with E-state index >= 15 is 0 Å². The number of rotatable bonds is 5. The molecule has 0 bridgehead atoms. The van der Waals surface area contributed by atoms with Crippen LogP contribution in [0.5, 0.6) is 0 Å². The number of urea groups is 1. The van der Waals surface area contributed by atoms with Crippen LogP contribution >= 0.6 is 0 Å². The predicted molar refractivity (Wildman–Crippen MR) is 123 cm³/mol. The third-order valence-electron chi connectivity index (χ3n) is 5.68. The molecule has 1 unspecified atom stereocenters. The second-order valence-corrected chi connectivity index (χ2v) is 8.46. The maximum atomic E-state index is 12.8. The largest absolute Gasteiger partial charge is 0.353 e. The Labute approximate surface area is 188 Å². The predicted octanol–water partition coefficient (Wildman–Crippen LogP) is 3.08. The van der Waals surface area contributed by atoms with Crippen molar-refractivity contribution in [2.24, 2.45) is 0 Å². The van der Waals surface area contributed by atoms with Gasteiger partial charge < -0.3 is 15.1 Å². The Kier molecular flexibility index (Phi) is 6.34. The zero-order valence-electron chi connectivity index (χ0n) is 19.1. The van der Waals surface area contributed by atoms with Gasteiger partial charge in [-0.1, -0.05) is 26.0 Å². The Morgan fingerprint density at radius 1 is 1.03 bits per heavy atom. The number of hydrogen-bond donors (Lipinski definition) is 1. The molecule has 9 nitrogen and oxygen atoms in total. The highest BCUT2D eigenvalue weighted by Gasteiger charge is 2.24. The van der Waals surface area contributed by atoms with Gasteiger partial charge in [0, 0.05) is 43.9 Å². The molecule has 3 heterocycles. The number of benzene rings is 1. The van der Waals surface area contributed by atoms with Gasteiger partial charge in [0.15, 0.2) is 0 Å². The smallest absolute Gasteiger partial charge is 0.317 e. The number of hydrogen-bond acceptors (Lipinski definition) is 6. The number of carbonyl (C=O) groups excluding carboxylic acids is 1. The number of nitrogens with one attached hydrogen (secondary N) is 1. The molecule has 168 valence electrons. The Morgan fingerprint density at radius 2 is 1.75 bits per heavy atom. The van der Waals surface area contributed by atoms with E-state index < -0.39 is 0 Å². The third-order valence-corrected chi connectivity index (χ3v) is 5.68. The molecule has 0 radical (unpaired) electrons. The van der Waals surface area contributed by atoms with Crippen LogP contribution in [0, 0.1) is 6.92 Å². The first-order valence-corrected chi connectivity index (χ1v) is 11.0. The van der Waals surface area contributed by atoms with Crippen molar-refractivity contribution in [3.8, 4) is 5.69 Å². The highest BCUT2D eigenvalue weighted by atomic mass is 16.2. The fourth-order valence-electron chi connectivity index (χ4n) is 3.75. The fraction of sp³-hybridized carbons (Fsp3) is 0.435. The van der Waals surface area contributed by atoms with E-state index in [-0.39, 0.29) is 18.0 Å². The summed E-state index contributed by atoms with van der Waals surface area (Å²) < 4.78 is 1.70. The number of nitrogens with zero attached hydrogens (tertiary/aromatic N) is 7. The average Bonchev–Trinajstić information content (AvgIpc) is 3.34. The van der Waals surface area contributed by atoms with Gasteiger partial charge in [-0.3, -0.25) is 0 Å². The molecular weight excluding hydrogens is 404 g/mol. The van der Waals surface area contributed by atoms with Gasteiger partial charge in [0.1, 0.15) is 24.3 Å². The molecule has 1 aliphatic heterocycles. The van der Waals surface area contributed by atoms with Gasteiger partial charge in [0.05, 0.1) is 11.7 Å². The van der Waals surface area contributed by atoms with E-state index in [2.05, 4.69) is 39.1 Å². The summed E-state index contributed by atoms with van der Waals surface area (Å²) in [6, 6.07) is 9.84. The minimum Gasteiger partial charge on any atom is -0.353 e. The average molecular weight is 435 g/mol. The minimum absolute atomic E-state index is 0.0424. The van der Waals surface area contributed by atoms with Crippen molar-refractivity contribution in [1.82, 2.24) is 34.9 Å². The van der Waals surface area contributed by atoms with Crippen molar-refractivity contribution in [1.29, 1.82) is 0 Å². The molecular formula is C23H30N8O. The summed E-state index contributed by atoms with van der Waals surface area (Å²) in [5, 5.41) is 7.25. The monoisotopic (exact) mass is 434 g/mol. The van der Waals surface area contributed by atoms with Gasteiger partial charge in [-0.05, 0) is 31.5 Å². The Hall–Kier alpha value is -3.49. The lowest BCUT2D eigenvalue weighted by molar-refractivity contribution is 0.191. The van der Waals surface area contributed by atoms with Crippen molar-refractivity contribution in [2.45, 2.75) is 39.7 Å². The zero-order chi connectivity index (χ0) is 22.7. The molecule has 1 N–H and O–H groups in total. The van der Waals surface area contributed by atoms with Crippen LogP contribution in [-0.2, 0) is 0 Å². The van der Waals surface area contributed by atoms with Crippen LogP contribution in [0.3, 0.4) is 0 Å². The topological polar surface area (TPSA) is 92.1 Å². The van der Waals surface area contributed by atoms with Crippen molar-refractivity contribution in [3.05, 3.63) is 60.1 Å². The number of anilines is 1. The quantitative estimate of drug-likeness (QED) is 0.663. The second kappa shape index (κ2) is 9.33. The van der Waals surface area contributed by atoms with Gasteiger partial charge >= 0.3 is 6.03 Å². The van der Waals surface area contributed by atoms with Crippen LogP contribution < -0.4 is 10.2 Å². The van der Waals surface area contributed by atoms with Crippen LogP contribution in [0.1, 0.15) is 49.8 Å². The van der Waals surface area contributed by atoms with E-state index in [0.717, 1.165) is 41.7 Å². The highest BCUT2D eigenvalue weighted by Crippen LogP contribution is 2.20. The van der Waals surface area contributed by atoms with Crippen LogP contribution in [0.2, 0.25) is 0 Å². The Bertz CT molecular complexity index is 1040. The molecule has 1 fully saturated rings. The highest BCUT2D eigenvalue weighted by molar-refractivity contribution is 5.75. The molecule has 2 aromatic heterocycles. The first kappa shape index (κ1) is 21.7. The first-order chi connectivity index (χ1) is 15.4. The summed E-state index contributed by atoms with van der Waals surface area (Å²) in [5.41, 5.74) is 2.95. The molecule has 1 atom stereocenters. The van der Waals surface area contributed by atoms with Crippen LogP contribution in [0.4, 0.5) is 10.6 Å². The summed E-state index contributed by atoms with van der Waals surface area (Å²) in [7, 11) is 0. The standard InChI is InChI=1S/C23H30N8O/c1-16(2)22-26-17(3)13-21(28-22)29-9-11-30(12-10-29)23(32)27-18(4)19-5-7-20(8-6-19)31-15-24-14-25-31/h5-8,13-16,18H,9-12H2,1-4H3,(H,27,32). The molecule has 0 spiro atoms. The summed E-state index contributed by atoms with van der Waals surface area (Å²) >= 11 is 0. The van der Waals surface area contributed by atoms with Gasteiger partial charge in [0.25, 0.3) is 0 Å². The van der Waals surface area contributed by atoms with Crippen molar-refractivity contribution in [3.63, 3.8) is 0 Å². The number of aryl methyl sites for hydroxylation is 1. The molecule has 1 aromatic carbocycles. The third kappa shape index (κ3) is 4.87. The molecule has 32 heavy (non-hydrogen) atoms. The number of amides is 2. The van der Waals surface area contributed by atoms with Gasteiger partial charge in [-0.2, -0.15) is 5.10 Å². The van der Waals surface area contributed by atoms with E-state index in [1.807, 2.05) is 49.1 Å². The maximum absolute atomic E-state index is 12.8. The maximum Gasteiger partial charge on any atom is 0.317 e. The first-order valence-electron chi connectivity index (χ1n) is 11.0. The molecule has 9 heteroatoms. The summed E-state index contributed by atoms with van der Waals surface area (Å²) in [4.78, 5) is 30.2. The SMILES string of the molecule is Cc1cc(N2CCN(C(=O)NC(C)c3ccc(-n4cncn4)cc3)CC2)nc(C(C)C)n1. The Morgan fingerprint density at radius 3 is 2.38 bits per heavy atom. The van der Waals surface area contributed by atoms with E-state index in [4.69, 9.17) is 4.98 Å². The van der Waals surface area contributed by atoms with E-state index in [1.54, 1.807) is 11.0 Å². The lowest BCUT2D eigenvalue weighted by atomic mass is 10.1. The number of carbonyl (C=O) groups is 1. The number of aromatic nitrogens is 5. The summed E-state index contributed by atoms with van der Waals surface area (Å²) in [6.07, 6.45) is 3.16. The van der Waals surface area contributed by atoms with Crippen molar-refractivity contribution in [2.75, 3.05) is 31.1 Å². The van der Waals surface area contributed by atoms with E-state index in [9.17, 15) is 4.79 Å². The fourth-order valence-corrected chi connectivity index (χ4v) is 3.75. The van der Waals surface area contributed by atoms with Crippen molar-refractivity contribution >= 4 is 11.8 Å². The lowest BCUT2D eigenvalue weighted by Gasteiger charge is -2.36. The normalized spacial score (nSPS) is 15.2. The molecule has 4 rings (SSSR count). The zero-order valence-corrected chi connectivity index (χ0v) is 19.1. The summed E-state index contributed by atoms with van der Waals surface area (Å²) in [6.45, 7) is 11.0. The van der Waals surface area contributed by atoms with Crippen LogP contribution in [0.25, 0.3) is 5.69 Å².